The molecule has 0 atom stereocenters. The summed E-state index contributed by atoms with van der Waals surface area (Å²) in [5.74, 6) is 1.72. The summed E-state index contributed by atoms with van der Waals surface area (Å²) < 4.78 is 11.8. The number of fused-ring (bicyclic) bond motifs is 1. The van der Waals surface area contributed by atoms with Crippen molar-refractivity contribution < 1.29 is 14.3 Å². The predicted octanol–water partition coefficient (Wildman–Crippen LogP) is 4.79. The second-order valence-corrected chi connectivity index (χ2v) is 9.84. The molecular weight excluding hydrogens is 442 g/mol. The van der Waals surface area contributed by atoms with Crippen molar-refractivity contribution in [3.63, 3.8) is 0 Å². The van der Waals surface area contributed by atoms with Crippen LogP contribution in [0, 0.1) is 0 Å². The first-order chi connectivity index (χ1) is 15.7. The van der Waals surface area contributed by atoms with Gasteiger partial charge < -0.3 is 9.47 Å². The molecule has 4 rings (SSSR count). The van der Waals surface area contributed by atoms with Crippen LogP contribution in [0.3, 0.4) is 0 Å². The third-order valence-corrected chi connectivity index (χ3v) is 7.43. The molecule has 0 spiro atoms. The molecule has 6 nitrogen and oxygen atoms in total. The number of nitrogens with zero attached hydrogens (tertiary/aromatic N) is 3. The summed E-state index contributed by atoms with van der Waals surface area (Å²) in [7, 11) is 1.66. The van der Waals surface area contributed by atoms with Gasteiger partial charge in [-0.15, -0.1) is 11.8 Å². The van der Waals surface area contributed by atoms with E-state index in [1.54, 1.807) is 18.9 Å². The van der Waals surface area contributed by atoms with E-state index in [1.165, 1.54) is 11.3 Å². The zero-order valence-electron chi connectivity index (χ0n) is 18.6. The second kappa shape index (κ2) is 11.1. The molecule has 0 radical (unpaired) electrons. The Kier molecular flexibility index (Phi) is 8.02. The summed E-state index contributed by atoms with van der Waals surface area (Å²) in [4.78, 5) is 23.8. The van der Waals surface area contributed by atoms with Crippen LogP contribution >= 0.6 is 23.1 Å². The fourth-order valence-electron chi connectivity index (χ4n) is 3.77. The van der Waals surface area contributed by atoms with Gasteiger partial charge in [-0.05, 0) is 42.5 Å². The Morgan fingerprint density at radius 3 is 2.84 bits per heavy atom. The van der Waals surface area contributed by atoms with Gasteiger partial charge in [0.15, 0.2) is 5.13 Å². The molecule has 3 aromatic rings. The highest BCUT2D eigenvalue weighted by Gasteiger charge is 2.24. The van der Waals surface area contributed by atoms with Crippen LogP contribution in [0.25, 0.3) is 10.2 Å². The number of rotatable bonds is 9. The zero-order valence-corrected chi connectivity index (χ0v) is 20.2. The first-order valence-corrected chi connectivity index (χ1v) is 12.8. The van der Waals surface area contributed by atoms with Gasteiger partial charge >= 0.3 is 0 Å². The molecule has 1 saturated heterocycles. The minimum absolute atomic E-state index is 0.00884. The van der Waals surface area contributed by atoms with Crippen molar-refractivity contribution in [3.05, 3.63) is 48.0 Å². The number of carbonyl (C=O) groups excluding carboxylic acids is 1. The van der Waals surface area contributed by atoms with Crippen LogP contribution in [-0.2, 0) is 4.74 Å². The number of anilines is 1. The van der Waals surface area contributed by atoms with Crippen LogP contribution in [0.5, 0.6) is 5.75 Å². The van der Waals surface area contributed by atoms with E-state index in [4.69, 9.17) is 14.5 Å². The summed E-state index contributed by atoms with van der Waals surface area (Å²) >= 11 is 3.23. The van der Waals surface area contributed by atoms with E-state index < -0.39 is 0 Å². The van der Waals surface area contributed by atoms with E-state index in [1.807, 2.05) is 47.4 Å². The highest BCUT2D eigenvalue weighted by atomic mass is 32.2. The number of hydrogen-bond donors (Lipinski definition) is 0. The Labute approximate surface area is 197 Å². The monoisotopic (exact) mass is 471 g/mol. The number of hydrogen-bond acceptors (Lipinski definition) is 7. The van der Waals surface area contributed by atoms with Gasteiger partial charge in [-0.2, -0.15) is 0 Å². The third kappa shape index (κ3) is 5.43. The summed E-state index contributed by atoms with van der Waals surface area (Å²) in [5, 5.41) is 0.733. The Balaban J connectivity index is 1.61. The molecular formula is C24H29N3O3S2. The SMILES string of the molecule is CCSc1ccccc1C(=O)N(CCCN1CCOCC1)c1nc2ccc(OC)cc2s1. The van der Waals surface area contributed by atoms with Crippen molar-refractivity contribution in [2.24, 2.45) is 0 Å². The fraction of sp³-hybridized carbons (Fsp3) is 0.417. The van der Waals surface area contributed by atoms with Crippen molar-refractivity contribution in [3.8, 4) is 5.75 Å². The minimum atomic E-state index is 0.00884. The molecule has 1 amide bonds. The van der Waals surface area contributed by atoms with E-state index in [-0.39, 0.29) is 5.91 Å². The van der Waals surface area contributed by atoms with E-state index >= 15 is 0 Å². The number of amides is 1. The van der Waals surface area contributed by atoms with Gasteiger partial charge in [-0.3, -0.25) is 14.6 Å². The first kappa shape index (κ1) is 23.0. The standard InChI is InChI=1S/C24H29N3O3S2/c1-3-31-21-8-5-4-7-19(21)23(28)27(12-6-11-26-13-15-30-16-14-26)24-25-20-10-9-18(29-2)17-22(20)32-24/h4-5,7-10,17H,3,6,11-16H2,1-2H3. The largest absolute Gasteiger partial charge is 0.497 e. The van der Waals surface area contributed by atoms with Crippen LogP contribution in [0.15, 0.2) is 47.4 Å². The average molecular weight is 472 g/mol. The minimum Gasteiger partial charge on any atom is -0.497 e. The van der Waals surface area contributed by atoms with Crippen molar-refractivity contribution in [1.29, 1.82) is 0 Å². The van der Waals surface area contributed by atoms with Crippen LogP contribution < -0.4 is 9.64 Å². The zero-order chi connectivity index (χ0) is 22.3. The number of benzene rings is 2. The first-order valence-electron chi connectivity index (χ1n) is 11.0. The Hall–Kier alpha value is -2.13. The number of thiazole rings is 1. The summed E-state index contributed by atoms with van der Waals surface area (Å²) in [6.07, 6.45) is 0.883. The lowest BCUT2D eigenvalue weighted by Crippen LogP contribution is -2.39. The molecule has 0 saturated carbocycles. The van der Waals surface area contributed by atoms with Gasteiger partial charge in [0.1, 0.15) is 5.75 Å². The van der Waals surface area contributed by atoms with Crippen LogP contribution in [0.1, 0.15) is 23.7 Å². The molecule has 170 valence electrons. The molecule has 1 aromatic heterocycles. The Morgan fingerprint density at radius 2 is 2.06 bits per heavy atom. The maximum atomic E-state index is 13.7. The number of ether oxygens (including phenoxy) is 2. The van der Waals surface area contributed by atoms with Crippen LogP contribution in [-0.4, -0.2) is 68.0 Å². The number of carbonyl (C=O) groups is 1. The second-order valence-electron chi connectivity index (χ2n) is 7.52. The molecule has 2 aromatic carbocycles. The summed E-state index contributed by atoms with van der Waals surface area (Å²) in [5.41, 5.74) is 1.62. The number of morpholine rings is 1. The smallest absolute Gasteiger partial charge is 0.261 e. The van der Waals surface area contributed by atoms with Gasteiger partial charge in [0.2, 0.25) is 0 Å². The quantitative estimate of drug-likeness (QED) is 0.419. The molecule has 1 aliphatic rings. The molecule has 8 heteroatoms. The fourth-order valence-corrected chi connectivity index (χ4v) is 5.58. The highest BCUT2D eigenvalue weighted by molar-refractivity contribution is 7.99. The van der Waals surface area contributed by atoms with Gasteiger partial charge in [0.05, 0.1) is 36.1 Å². The van der Waals surface area contributed by atoms with Crippen LogP contribution in [0.4, 0.5) is 5.13 Å². The van der Waals surface area contributed by atoms with Crippen LogP contribution in [0.2, 0.25) is 0 Å². The maximum Gasteiger partial charge on any atom is 0.261 e. The van der Waals surface area contributed by atoms with E-state index in [9.17, 15) is 4.79 Å². The van der Waals surface area contributed by atoms with Crippen molar-refractivity contribution in [2.45, 2.75) is 18.2 Å². The molecule has 0 aliphatic carbocycles. The van der Waals surface area contributed by atoms with Crippen molar-refractivity contribution in [1.82, 2.24) is 9.88 Å². The molecule has 0 unspecified atom stereocenters. The Bertz CT molecular complexity index is 1050. The molecule has 2 heterocycles. The third-order valence-electron chi connectivity index (χ3n) is 5.44. The number of methoxy groups -OCH3 is 1. The van der Waals surface area contributed by atoms with Gasteiger partial charge in [0, 0.05) is 31.1 Å². The highest BCUT2D eigenvalue weighted by Crippen LogP contribution is 2.33. The normalized spacial score (nSPS) is 14.6. The number of thioether (sulfide) groups is 1. The molecule has 1 fully saturated rings. The lowest BCUT2D eigenvalue weighted by Gasteiger charge is -2.28. The lowest BCUT2D eigenvalue weighted by atomic mass is 10.2. The number of aromatic nitrogens is 1. The lowest BCUT2D eigenvalue weighted by molar-refractivity contribution is 0.0376. The predicted molar refractivity (Wildman–Crippen MR) is 133 cm³/mol. The maximum absolute atomic E-state index is 13.7. The van der Waals surface area contributed by atoms with Crippen molar-refractivity contribution >= 4 is 44.4 Å². The molecule has 1 aliphatic heterocycles. The van der Waals surface area contributed by atoms with Gasteiger partial charge in [0.25, 0.3) is 5.91 Å². The average Bonchev–Trinajstić information content (AvgIpc) is 3.25. The summed E-state index contributed by atoms with van der Waals surface area (Å²) in [6, 6.07) is 13.7. The van der Waals surface area contributed by atoms with Gasteiger partial charge in [-0.25, -0.2) is 4.98 Å². The van der Waals surface area contributed by atoms with Gasteiger partial charge in [-0.1, -0.05) is 30.4 Å². The molecule has 0 bridgehead atoms. The van der Waals surface area contributed by atoms with E-state index in [0.29, 0.717) is 6.54 Å². The van der Waals surface area contributed by atoms with E-state index in [2.05, 4.69) is 11.8 Å². The molecule has 32 heavy (non-hydrogen) atoms. The topological polar surface area (TPSA) is 54.9 Å². The molecule has 0 N–H and O–H groups in total. The summed E-state index contributed by atoms with van der Waals surface area (Å²) in [6.45, 7) is 7.13. The Morgan fingerprint density at radius 1 is 1.25 bits per heavy atom. The van der Waals surface area contributed by atoms with E-state index in [0.717, 1.165) is 76.6 Å². The van der Waals surface area contributed by atoms with Crippen molar-refractivity contribution in [2.75, 3.05) is 57.2 Å².